The van der Waals surface area contributed by atoms with Gasteiger partial charge in [-0.1, -0.05) is 13.3 Å². The Bertz CT molecular complexity index is 699. The van der Waals surface area contributed by atoms with Gasteiger partial charge >= 0.3 is 0 Å². The Labute approximate surface area is 133 Å². The minimum atomic E-state index is -0.465. The van der Waals surface area contributed by atoms with Crippen molar-refractivity contribution < 1.29 is 14.1 Å². The molecular weight excluding hydrogens is 299 g/mol. The highest BCUT2D eigenvalue weighted by Gasteiger charge is 2.11. The molecule has 0 spiro atoms. The molecule has 120 valence electrons. The van der Waals surface area contributed by atoms with Crippen LogP contribution in [0, 0.1) is 15.9 Å². The fraction of sp³-hybridized carbons (Fsp3) is 0.235. The van der Waals surface area contributed by atoms with Gasteiger partial charge in [-0.15, -0.1) is 0 Å². The molecule has 2 aromatic carbocycles. The number of nitro benzene ring substituents is 1. The Morgan fingerprint density at radius 1 is 1.26 bits per heavy atom. The van der Waals surface area contributed by atoms with Crippen molar-refractivity contribution in [2.45, 2.75) is 19.8 Å². The van der Waals surface area contributed by atoms with Crippen LogP contribution in [0.2, 0.25) is 0 Å². The third-order valence-electron chi connectivity index (χ3n) is 3.14. The number of nitrogens with zero attached hydrogens (tertiary/aromatic N) is 2. The van der Waals surface area contributed by atoms with E-state index in [0.29, 0.717) is 23.6 Å². The van der Waals surface area contributed by atoms with Gasteiger partial charge in [0.1, 0.15) is 11.6 Å². The lowest BCUT2D eigenvalue weighted by molar-refractivity contribution is -0.384. The van der Waals surface area contributed by atoms with Gasteiger partial charge in [0.05, 0.1) is 23.3 Å². The molecule has 0 N–H and O–H groups in total. The zero-order valence-corrected chi connectivity index (χ0v) is 12.7. The number of rotatable bonds is 7. The fourth-order valence-electron chi connectivity index (χ4n) is 1.87. The van der Waals surface area contributed by atoms with Crippen molar-refractivity contribution in [2.75, 3.05) is 6.61 Å². The first kappa shape index (κ1) is 16.6. The highest BCUT2D eigenvalue weighted by atomic mass is 19.1. The summed E-state index contributed by atoms with van der Waals surface area (Å²) in [6, 6.07) is 10.1. The Morgan fingerprint density at radius 3 is 2.65 bits per heavy atom. The van der Waals surface area contributed by atoms with Crippen LogP contribution in [0.1, 0.15) is 25.3 Å². The summed E-state index contributed by atoms with van der Waals surface area (Å²) in [6.07, 6.45) is 3.38. The molecular formula is C17H17FN2O3. The van der Waals surface area contributed by atoms with Crippen molar-refractivity contribution >= 4 is 17.6 Å². The number of nitro groups is 1. The molecule has 2 aromatic rings. The molecule has 0 aliphatic heterocycles. The van der Waals surface area contributed by atoms with E-state index in [1.807, 2.05) is 6.92 Å². The lowest BCUT2D eigenvalue weighted by atomic mass is 10.2. The molecule has 0 heterocycles. The Hall–Kier alpha value is -2.76. The molecule has 6 heteroatoms. The molecule has 0 saturated carbocycles. The van der Waals surface area contributed by atoms with Crippen molar-refractivity contribution in [1.82, 2.24) is 0 Å². The molecule has 0 aromatic heterocycles. The van der Waals surface area contributed by atoms with Crippen LogP contribution in [-0.2, 0) is 0 Å². The Morgan fingerprint density at radius 2 is 2.00 bits per heavy atom. The molecule has 0 aliphatic carbocycles. The maximum absolute atomic E-state index is 12.9. The van der Waals surface area contributed by atoms with Crippen LogP contribution in [0.25, 0.3) is 0 Å². The quantitative estimate of drug-likeness (QED) is 0.323. The van der Waals surface area contributed by atoms with E-state index in [9.17, 15) is 14.5 Å². The molecule has 5 nitrogen and oxygen atoms in total. The monoisotopic (exact) mass is 316 g/mol. The van der Waals surface area contributed by atoms with Gasteiger partial charge in [-0.3, -0.25) is 15.1 Å². The standard InChI is InChI=1S/C17H17FN2O3/c1-2-3-10-23-17-11-16(20(21)22)9-4-13(17)12-19-15-7-5-14(18)6-8-15/h4-9,11-12H,2-3,10H2,1H3. The predicted octanol–water partition coefficient (Wildman–Crippen LogP) is 4.66. The van der Waals surface area contributed by atoms with Gasteiger partial charge in [0.2, 0.25) is 0 Å². The second-order valence-electron chi connectivity index (χ2n) is 4.92. The largest absolute Gasteiger partial charge is 0.493 e. The third kappa shape index (κ3) is 4.88. The number of unbranched alkanes of at least 4 members (excludes halogenated alkanes) is 1. The van der Waals surface area contributed by atoms with Gasteiger partial charge < -0.3 is 4.74 Å². The van der Waals surface area contributed by atoms with Gasteiger partial charge in [-0.25, -0.2) is 4.39 Å². The zero-order valence-electron chi connectivity index (χ0n) is 12.7. The van der Waals surface area contributed by atoms with Crippen molar-refractivity contribution in [2.24, 2.45) is 4.99 Å². The van der Waals surface area contributed by atoms with Crippen molar-refractivity contribution in [3.63, 3.8) is 0 Å². The molecule has 0 aliphatic rings. The summed E-state index contributed by atoms with van der Waals surface area (Å²) in [5.41, 5.74) is 1.19. The van der Waals surface area contributed by atoms with Crippen LogP contribution in [0.15, 0.2) is 47.5 Å². The molecule has 23 heavy (non-hydrogen) atoms. The number of hydrogen-bond acceptors (Lipinski definition) is 4. The van der Waals surface area contributed by atoms with E-state index in [-0.39, 0.29) is 11.5 Å². The number of hydrogen-bond donors (Lipinski definition) is 0. The maximum Gasteiger partial charge on any atom is 0.273 e. The van der Waals surface area contributed by atoms with Crippen molar-refractivity contribution in [3.8, 4) is 5.75 Å². The first-order valence-electron chi connectivity index (χ1n) is 7.31. The van der Waals surface area contributed by atoms with E-state index in [1.165, 1.54) is 24.3 Å². The van der Waals surface area contributed by atoms with E-state index in [2.05, 4.69) is 4.99 Å². The van der Waals surface area contributed by atoms with Crippen molar-refractivity contribution in [1.29, 1.82) is 0 Å². The van der Waals surface area contributed by atoms with E-state index in [1.54, 1.807) is 24.4 Å². The minimum absolute atomic E-state index is 0.0320. The Balaban J connectivity index is 2.24. The molecule has 0 unspecified atom stereocenters. The van der Waals surface area contributed by atoms with E-state index in [4.69, 9.17) is 4.74 Å². The first-order valence-corrected chi connectivity index (χ1v) is 7.31. The fourth-order valence-corrected chi connectivity index (χ4v) is 1.87. The lowest BCUT2D eigenvalue weighted by Crippen LogP contribution is -2.00. The second-order valence-corrected chi connectivity index (χ2v) is 4.92. The molecule has 0 atom stereocenters. The van der Waals surface area contributed by atoms with Gasteiger partial charge in [0.15, 0.2) is 0 Å². The van der Waals surface area contributed by atoms with Crippen LogP contribution >= 0.6 is 0 Å². The highest BCUT2D eigenvalue weighted by molar-refractivity contribution is 5.86. The van der Waals surface area contributed by atoms with Crippen LogP contribution in [0.4, 0.5) is 15.8 Å². The molecule has 0 bridgehead atoms. The number of aliphatic imine (C=N–C) groups is 1. The zero-order chi connectivity index (χ0) is 16.7. The third-order valence-corrected chi connectivity index (χ3v) is 3.14. The molecule has 0 saturated heterocycles. The maximum atomic E-state index is 12.9. The summed E-state index contributed by atoms with van der Waals surface area (Å²) in [6.45, 7) is 2.52. The van der Waals surface area contributed by atoms with E-state index < -0.39 is 4.92 Å². The molecule has 0 fully saturated rings. The predicted molar refractivity (Wildman–Crippen MR) is 87.2 cm³/mol. The number of non-ortho nitro benzene ring substituents is 1. The summed E-state index contributed by atoms with van der Waals surface area (Å²) in [5, 5.41) is 10.9. The summed E-state index contributed by atoms with van der Waals surface area (Å²) in [7, 11) is 0. The second kappa shape index (κ2) is 8.03. The summed E-state index contributed by atoms with van der Waals surface area (Å²) >= 11 is 0. The summed E-state index contributed by atoms with van der Waals surface area (Å²) < 4.78 is 18.5. The molecule has 0 amide bonds. The molecule has 2 rings (SSSR count). The minimum Gasteiger partial charge on any atom is -0.493 e. The first-order chi connectivity index (χ1) is 11.1. The summed E-state index contributed by atoms with van der Waals surface area (Å²) in [5.74, 6) is 0.0846. The average Bonchev–Trinajstić information content (AvgIpc) is 2.55. The van der Waals surface area contributed by atoms with Crippen LogP contribution in [0.5, 0.6) is 5.75 Å². The van der Waals surface area contributed by atoms with Crippen LogP contribution in [-0.4, -0.2) is 17.7 Å². The molecule has 0 radical (unpaired) electrons. The average molecular weight is 316 g/mol. The summed E-state index contributed by atoms with van der Waals surface area (Å²) in [4.78, 5) is 14.7. The Kier molecular flexibility index (Phi) is 5.80. The number of ether oxygens (including phenoxy) is 1. The van der Waals surface area contributed by atoms with Crippen LogP contribution < -0.4 is 4.74 Å². The number of benzene rings is 2. The van der Waals surface area contributed by atoms with E-state index >= 15 is 0 Å². The smallest absolute Gasteiger partial charge is 0.273 e. The lowest BCUT2D eigenvalue weighted by Gasteiger charge is -2.08. The van der Waals surface area contributed by atoms with Gasteiger partial charge in [-0.05, 0) is 36.8 Å². The van der Waals surface area contributed by atoms with Gasteiger partial charge in [-0.2, -0.15) is 0 Å². The SMILES string of the molecule is CCCCOc1cc([N+](=O)[O-])ccc1C=Nc1ccc(F)cc1. The van der Waals surface area contributed by atoms with Gasteiger partial charge in [0, 0.05) is 17.8 Å². The number of halogens is 1. The van der Waals surface area contributed by atoms with Gasteiger partial charge in [0.25, 0.3) is 5.69 Å². The van der Waals surface area contributed by atoms with Crippen molar-refractivity contribution in [3.05, 3.63) is 64.0 Å². The van der Waals surface area contributed by atoms with Crippen LogP contribution in [0.3, 0.4) is 0 Å². The highest BCUT2D eigenvalue weighted by Crippen LogP contribution is 2.25. The normalized spacial score (nSPS) is 10.9. The van der Waals surface area contributed by atoms with E-state index in [0.717, 1.165) is 12.8 Å². The topological polar surface area (TPSA) is 64.7 Å².